The van der Waals surface area contributed by atoms with Crippen molar-refractivity contribution in [3.63, 3.8) is 0 Å². The molecule has 0 aliphatic rings. The summed E-state index contributed by atoms with van der Waals surface area (Å²) in [5, 5.41) is 10.4. The van der Waals surface area contributed by atoms with E-state index in [0.717, 1.165) is 0 Å². The molecule has 4 nitrogen and oxygen atoms in total. The first-order valence-electron chi connectivity index (χ1n) is 3.55. The van der Waals surface area contributed by atoms with Crippen LogP contribution in [0.5, 0.6) is 5.75 Å². The summed E-state index contributed by atoms with van der Waals surface area (Å²) in [4.78, 5) is 9.72. The minimum atomic E-state index is -0.684. The maximum atomic E-state index is 13.2. The maximum absolute atomic E-state index is 13.2. The molecule has 0 saturated heterocycles. The lowest BCUT2D eigenvalue weighted by atomic mass is 10.2. The monoisotopic (exact) mass is 185 g/mol. The zero-order valence-corrected chi connectivity index (χ0v) is 7.20. The molecule has 70 valence electrons. The molecule has 0 aromatic heterocycles. The van der Waals surface area contributed by atoms with Crippen molar-refractivity contribution in [3.05, 3.63) is 33.6 Å². The van der Waals surface area contributed by atoms with E-state index in [1.807, 2.05) is 0 Å². The summed E-state index contributed by atoms with van der Waals surface area (Å²) in [5.74, 6) is -0.998. The number of ether oxygens (including phenoxy) is 1. The van der Waals surface area contributed by atoms with Crippen LogP contribution >= 0.6 is 0 Å². The SMILES string of the molecule is COc1c([N+](=O)[O-])ccc(C)c1F. The molecule has 0 aliphatic heterocycles. The summed E-state index contributed by atoms with van der Waals surface area (Å²) < 4.78 is 17.8. The number of nitrogens with zero attached hydrogens (tertiary/aromatic N) is 1. The molecule has 1 aromatic rings. The Hall–Kier alpha value is -1.65. The van der Waals surface area contributed by atoms with Gasteiger partial charge in [-0.05, 0) is 18.6 Å². The third-order valence-electron chi connectivity index (χ3n) is 1.67. The minimum absolute atomic E-state index is 0.315. The van der Waals surface area contributed by atoms with Gasteiger partial charge in [-0.3, -0.25) is 10.1 Å². The van der Waals surface area contributed by atoms with Gasteiger partial charge in [0, 0.05) is 6.07 Å². The number of nitro groups is 1. The Morgan fingerprint density at radius 1 is 1.54 bits per heavy atom. The number of aryl methyl sites for hydroxylation is 1. The van der Waals surface area contributed by atoms with Crippen LogP contribution in [0.2, 0.25) is 0 Å². The van der Waals surface area contributed by atoms with Gasteiger partial charge < -0.3 is 4.74 Å². The van der Waals surface area contributed by atoms with Gasteiger partial charge in [-0.2, -0.15) is 0 Å². The van der Waals surface area contributed by atoms with Gasteiger partial charge in [-0.1, -0.05) is 0 Å². The second-order valence-electron chi connectivity index (χ2n) is 2.51. The van der Waals surface area contributed by atoms with Crippen LogP contribution in [0.1, 0.15) is 5.56 Å². The fourth-order valence-electron chi connectivity index (χ4n) is 0.982. The molecule has 0 saturated carbocycles. The number of hydrogen-bond acceptors (Lipinski definition) is 3. The first-order valence-corrected chi connectivity index (χ1v) is 3.55. The van der Waals surface area contributed by atoms with Gasteiger partial charge in [0.25, 0.3) is 0 Å². The van der Waals surface area contributed by atoms with Gasteiger partial charge in [0.05, 0.1) is 12.0 Å². The smallest absolute Gasteiger partial charge is 0.314 e. The Bertz CT molecular complexity index is 351. The summed E-state index contributed by atoms with van der Waals surface area (Å²) in [6.45, 7) is 1.52. The van der Waals surface area contributed by atoms with Gasteiger partial charge in [0.15, 0.2) is 5.82 Å². The highest BCUT2D eigenvalue weighted by Crippen LogP contribution is 2.31. The summed E-state index contributed by atoms with van der Waals surface area (Å²) in [5.41, 5.74) is -0.0342. The average Bonchev–Trinajstić information content (AvgIpc) is 2.09. The van der Waals surface area contributed by atoms with Crippen molar-refractivity contribution in [2.24, 2.45) is 0 Å². The zero-order valence-electron chi connectivity index (χ0n) is 7.20. The Labute approximate surface area is 74.1 Å². The van der Waals surface area contributed by atoms with Crippen LogP contribution < -0.4 is 4.74 Å². The highest BCUT2D eigenvalue weighted by atomic mass is 19.1. The van der Waals surface area contributed by atoms with Gasteiger partial charge in [0.2, 0.25) is 5.75 Å². The minimum Gasteiger partial charge on any atom is -0.488 e. The Balaban J connectivity index is 3.38. The van der Waals surface area contributed by atoms with Crippen LogP contribution in [0.15, 0.2) is 12.1 Å². The largest absolute Gasteiger partial charge is 0.488 e. The van der Waals surface area contributed by atoms with Crippen molar-refractivity contribution in [1.82, 2.24) is 0 Å². The molecule has 0 heterocycles. The number of benzene rings is 1. The third-order valence-corrected chi connectivity index (χ3v) is 1.67. The molecule has 0 amide bonds. The third kappa shape index (κ3) is 1.58. The second kappa shape index (κ2) is 3.38. The van der Waals surface area contributed by atoms with Crippen LogP contribution in [0.25, 0.3) is 0 Å². The standard InChI is InChI=1S/C8H8FNO3/c1-5-3-4-6(10(11)12)8(13-2)7(5)9/h3-4H,1-2H3. The zero-order chi connectivity index (χ0) is 10.0. The van der Waals surface area contributed by atoms with Gasteiger partial charge in [0.1, 0.15) is 0 Å². The molecule has 0 aliphatic carbocycles. The summed E-state index contributed by atoms with van der Waals surface area (Å²) >= 11 is 0. The molecule has 0 N–H and O–H groups in total. The molecule has 0 spiro atoms. The van der Waals surface area contributed by atoms with Crippen molar-refractivity contribution in [3.8, 4) is 5.75 Å². The fourth-order valence-corrected chi connectivity index (χ4v) is 0.982. The normalized spacial score (nSPS) is 9.77. The molecule has 1 aromatic carbocycles. The topological polar surface area (TPSA) is 52.4 Å². The number of nitro benzene ring substituents is 1. The summed E-state index contributed by atoms with van der Waals surface area (Å²) in [6.07, 6.45) is 0. The first-order chi connectivity index (χ1) is 6.07. The molecule has 13 heavy (non-hydrogen) atoms. The van der Waals surface area contributed by atoms with Crippen LogP contribution in [0.4, 0.5) is 10.1 Å². The lowest BCUT2D eigenvalue weighted by Crippen LogP contribution is -1.97. The maximum Gasteiger partial charge on any atom is 0.314 e. The first kappa shape index (κ1) is 9.44. The fraction of sp³-hybridized carbons (Fsp3) is 0.250. The quantitative estimate of drug-likeness (QED) is 0.523. The van der Waals surface area contributed by atoms with Gasteiger partial charge in [-0.25, -0.2) is 4.39 Å². The number of hydrogen-bond donors (Lipinski definition) is 0. The molecular formula is C8H8FNO3. The Morgan fingerprint density at radius 3 is 2.62 bits per heavy atom. The van der Waals surface area contributed by atoms with E-state index in [1.165, 1.54) is 26.2 Å². The number of halogens is 1. The molecule has 0 bridgehead atoms. The van der Waals surface area contributed by atoms with E-state index in [2.05, 4.69) is 4.74 Å². The Kier molecular flexibility index (Phi) is 2.46. The highest BCUT2D eigenvalue weighted by Gasteiger charge is 2.20. The van der Waals surface area contributed by atoms with Crippen LogP contribution in [-0.4, -0.2) is 12.0 Å². The van der Waals surface area contributed by atoms with Gasteiger partial charge in [-0.15, -0.1) is 0 Å². The molecule has 0 atom stereocenters. The van der Waals surface area contributed by atoms with E-state index in [-0.39, 0.29) is 11.4 Å². The molecule has 5 heteroatoms. The van der Waals surface area contributed by atoms with Crippen molar-refractivity contribution in [1.29, 1.82) is 0 Å². The van der Waals surface area contributed by atoms with Crippen LogP contribution in [-0.2, 0) is 0 Å². The van der Waals surface area contributed by atoms with Gasteiger partial charge >= 0.3 is 5.69 Å². The van der Waals surface area contributed by atoms with E-state index in [9.17, 15) is 14.5 Å². The molecule has 1 rings (SSSR count). The predicted molar refractivity (Wildman–Crippen MR) is 44.3 cm³/mol. The van der Waals surface area contributed by atoms with Crippen molar-refractivity contribution >= 4 is 5.69 Å². The lowest BCUT2D eigenvalue weighted by molar-refractivity contribution is -0.386. The summed E-state index contributed by atoms with van der Waals surface area (Å²) in [7, 11) is 1.20. The number of methoxy groups -OCH3 is 1. The molecule has 0 unspecified atom stereocenters. The van der Waals surface area contributed by atoms with E-state index in [1.54, 1.807) is 0 Å². The van der Waals surface area contributed by atoms with Crippen LogP contribution in [0.3, 0.4) is 0 Å². The van der Waals surface area contributed by atoms with Crippen molar-refractivity contribution < 1.29 is 14.1 Å². The van der Waals surface area contributed by atoms with Crippen LogP contribution in [0, 0.1) is 22.9 Å². The van der Waals surface area contributed by atoms with E-state index in [4.69, 9.17) is 0 Å². The van der Waals surface area contributed by atoms with E-state index < -0.39 is 10.7 Å². The molecular weight excluding hydrogens is 177 g/mol. The predicted octanol–water partition coefficient (Wildman–Crippen LogP) is 2.05. The Morgan fingerprint density at radius 2 is 2.15 bits per heavy atom. The molecule has 0 fully saturated rings. The lowest BCUT2D eigenvalue weighted by Gasteiger charge is -2.04. The second-order valence-corrected chi connectivity index (χ2v) is 2.51. The summed E-state index contributed by atoms with van der Waals surface area (Å²) in [6, 6.07) is 2.56. The van der Waals surface area contributed by atoms with E-state index >= 15 is 0 Å². The highest BCUT2D eigenvalue weighted by molar-refractivity contribution is 5.49. The molecule has 0 radical (unpaired) electrons. The van der Waals surface area contributed by atoms with Crippen molar-refractivity contribution in [2.45, 2.75) is 6.92 Å². The average molecular weight is 185 g/mol. The van der Waals surface area contributed by atoms with E-state index in [0.29, 0.717) is 5.56 Å². The number of rotatable bonds is 2. The van der Waals surface area contributed by atoms with Crippen molar-refractivity contribution in [2.75, 3.05) is 7.11 Å².